The van der Waals surface area contributed by atoms with E-state index in [-0.39, 0.29) is 11.9 Å². The Hall–Kier alpha value is -2.54. The Balaban J connectivity index is 1.44. The first-order chi connectivity index (χ1) is 11.7. The third-order valence-electron chi connectivity index (χ3n) is 4.04. The number of aromatic amines is 1. The van der Waals surface area contributed by atoms with Crippen LogP contribution in [-0.2, 0) is 0 Å². The highest BCUT2D eigenvalue weighted by Gasteiger charge is 2.27. The van der Waals surface area contributed by atoms with Crippen LogP contribution in [0.1, 0.15) is 52.9 Å². The molecule has 0 radical (unpaired) electrons. The molecule has 0 aliphatic heterocycles. The van der Waals surface area contributed by atoms with Crippen LogP contribution in [0.5, 0.6) is 0 Å². The van der Waals surface area contributed by atoms with E-state index in [1.165, 1.54) is 24.2 Å². The van der Waals surface area contributed by atoms with Crippen molar-refractivity contribution in [3.63, 3.8) is 0 Å². The predicted molar refractivity (Wildman–Crippen MR) is 91.8 cm³/mol. The first-order valence-corrected chi connectivity index (χ1v) is 8.80. The second-order valence-corrected chi connectivity index (χ2v) is 6.88. The van der Waals surface area contributed by atoms with Crippen molar-refractivity contribution in [1.29, 1.82) is 0 Å². The van der Waals surface area contributed by atoms with E-state index in [4.69, 9.17) is 0 Å². The van der Waals surface area contributed by atoms with Crippen molar-refractivity contribution < 1.29 is 4.79 Å². The van der Waals surface area contributed by atoms with Crippen LogP contribution in [-0.4, -0.2) is 26.1 Å². The second-order valence-electron chi connectivity index (χ2n) is 5.99. The molecule has 1 fully saturated rings. The van der Waals surface area contributed by atoms with E-state index < -0.39 is 0 Å². The number of rotatable bonds is 5. The van der Waals surface area contributed by atoms with Crippen LogP contribution in [0.4, 0.5) is 0 Å². The molecule has 0 unspecified atom stereocenters. The Kier molecular flexibility index (Phi) is 3.86. The third kappa shape index (κ3) is 3.07. The van der Waals surface area contributed by atoms with Crippen LogP contribution in [0.3, 0.4) is 0 Å². The van der Waals surface area contributed by atoms with Gasteiger partial charge in [-0.1, -0.05) is 0 Å². The number of aromatic nitrogens is 4. The second kappa shape index (κ2) is 6.16. The Bertz CT molecular complexity index is 853. The van der Waals surface area contributed by atoms with Crippen molar-refractivity contribution in [2.45, 2.75) is 31.7 Å². The molecule has 0 aromatic carbocycles. The number of thiazole rings is 1. The molecule has 3 heterocycles. The number of pyridine rings is 1. The number of carbonyl (C=O) groups excluding carboxylic acids is 1. The van der Waals surface area contributed by atoms with Gasteiger partial charge in [-0.2, -0.15) is 5.10 Å². The summed E-state index contributed by atoms with van der Waals surface area (Å²) in [5.74, 6) is 0.376. The predicted octanol–water partition coefficient (Wildman–Crippen LogP) is 3.30. The van der Waals surface area contributed by atoms with Gasteiger partial charge in [0.05, 0.1) is 11.7 Å². The molecule has 122 valence electrons. The Morgan fingerprint density at radius 1 is 1.46 bits per heavy atom. The maximum Gasteiger partial charge on any atom is 0.272 e. The van der Waals surface area contributed by atoms with Gasteiger partial charge in [0, 0.05) is 34.9 Å². The van der Waals surface area contributed by atoms with Gasteiger partial charge in [0.15, 0.2) is 0 Å². The smallest absolute Gasteiger partial charge is 0.272 e. The van der Waals surface area contributed by atoms with Crippen molar-refractivity contribution in [3.05, 3.63) is 52.4 Å². The molecule has 1 aliphatic rings. The molecule has 1 amide bonds. The van der Waals surface area contributed by atoms with Crippen LogP contribution >= 0.6 is 11.3 Å². The molecule has 6 nitrogen and oxygen atoms in total. The summed E-state index contributed by atoms with van der Waals surface area (Å²) in [4.78, 5) is 21.0. The minimum atomic E-state index is -0.177. The van der Waals surface area contributed by atoms with Crippen LogP contribution in [0.15, 0.2) is 36.0 Å². The Labute approximate surface area is 143 Å². The maximum absolute atomic E-state index is 12.3. The normalized spacial score (nSPS) is 15.2. The highest BCUT2D eigenvalue weighted by atomic mass is 32.1. The zero-order valence-corrected chi connectivity index (χ0v) is 14.0. The van der Waals surface area contributed by atoms with E-state index >= 15 is 0 Å². The Morgan fingerprint density at radius 3 is 3.08 bits per heavy atom. The van der Waals surface area contributed by atoms with Gasteiger partial charge in [0.1, 0.15) is 10.7 Å². The van der Waals surface area contributed by atoms with Crippen LogP contribution in [0.25, 0.3) is 11.3 Å². The molecule has 24 heavy (non-hydrogen) atoms. The quantitative estimate of drug-likeness (QED) is 0.747. The summed E-state index contributed by atoms with van der Waals surface area (Å²) in [5.41, 5.74) is 3.34. The van der Waals surface area contributed by atoms with E-state index in [2.05, 4.69) is 25.5 Å². The average molecular weight is 339 g/mol. The van der Waals surface area contributed by atoms with Crippen LogP contribution in [0, 0.1) is 0 Å². The van der Waals surface area contributed by atoms with Crippen molar-refractivity contribution in [1.82, 2.24) is 25.5 Å². The van der Waals surface area contributed by atoms with Gasteiger partial charge in [-0.05, 0) is 38.0 Å². The topological polar surface area (TPSA) is 83.6 Å². The molecule has 0 saturated heterocycles. The van der Waals surface area contributed by atoms with E-state index in [1.807, 2.05) is 30.5 Å². The van der Waals surface area contributed by atoms with Crippen LogP contribution < -0.4 is 5.32 Å². The molecule has 0 bridgehead atoms. The molecule has 0 spiro atoms. The molecular weight excluding hydrogens is 322 g/mol. The molecule has 1 atom stereocenters. The van der Waals surface area contributed by atoms with Gasteiger partial charge in [-0.3, -0.25) is 14.9 Å². The number of nitrogens with zero attached hydrogens (tertiary/aromatic N) is 3. The van der Waals surface area contributed by atoms with Gasteiger partial charge >= 0.3 is 0 Å². The minimum Gasteiger partial charge on any atom is -0.342 e. The number of nitrogens with one attached hydrogen (secondary N) is 2. The molecule has 3 aromatic heterocycles. The third-order valence-corrected chi connectivity index (χ3v) is 5.07. The molecule has 1 aliphatic carbocycles. The first-order valence-electron chi connectivity index (χ1n) is 7.92. The molecule has 3 aromatic rings. The molecule has 4 rings (SSSR count). The summed E-state index contributed by atoms with van der Waals surface area (Å²) in [6, 6.07) is 5.53. The highest BCUT2D eigenvalue weighted by molar-refractivity contribution is 7.10. The molecular formula is C17H17N5OS. The summed E-state index contributed by atoms with van der Waals surface area (Å²) in [6.07, 6.45) is 5.87. The van der Waals surface area contributed by atoms with Crippen LogP contribution in [0.2, 0.25) is 0 Å². The lowest BCUT2D eigenvalue weighted by Crippen LogP contribution is -2.26. The SMILES string of the molecule is C[C@H](NC(=O)c1cc(C2CC2)[nH]n1)c1nc(-c2cccnc2)cs1. The number of H-pyrrole nitrogens is 1. The van der Waals surface area contributed by atoms with Gasteiger partial charge in [-0.25, -0.2) is 4.98 Å². The largest absolute Gasteiger partial charge is 0.342 e. The summed E-state index contributed by atoms with van der Waals surface area (Å²) in [6.45, 7) is 1.93. The average Bonchev–Trinajstić information content (AvgIpc) is 3.14. The van der Waals surface area contributed by atoms with Gasteiger partial charge < -0.3 is 5.32 Å². The number of carbonyl (C=O) groups is 1. The fourth-order valence-electron chi connectivity index (χ4n) is 2.52. The van der Waals surface area contributed by atoms with E-state index in [0.29, 0.717) is 11.6 Å². The molecule has 7 heteroatoms. The molecule has 1 saturated carbocycles. The summed E-state index contributed by atoms with van der Waals surface area (Å²) < 4.78 is 0. The lowest BCUT2D eigenvalue weighted by atomic mass is 10.2. The molecule has 2 N–H and O–H groups in total. The number of hydrogen-bond donors (Lipinski definition) is 2. The van der Waals surface area contributed by atoms with Crippen molar-refractivity contribution in [2.24, 2.45) is 0 Å². The fraction of sp³-hybridized carbons (Fsp3) is 0.294. The Morgan fingerprint density at radius 2 is 2.33 bits per heavy atom. The van der Waals surface area contributed by atoms with Crippen molar-refractivity contribution in [3.8, 4) is 11.3 Å². The standard InChI is InChI=1S/C17H17N5OS/c1-10(17-20-15(9-24-17)12-3-2-6-18-8-12)19-16(23)14-7-13(21-22-14)11-4-5-11/h2-3,6-11H,4-5H2,1H3,(H,19,23)(H,21,22)/t10-/m0/s1. The number of amides is 1. The van der Waals surface area contributed by atoms with E-state index in [1.54, 1.807) is 12.4 Å². The zero-order valence-electron chi connectivity index (χ0n) is 13.2. The summed E-state index contributed by atoms with van der Waals surface area (Å²) in [7, 11) is 0. The number of hydrogen-bond acceptors (Lipinski definition) is 5. The van der Waals surface area contributed by atoms with E-state index in [9.17, 15) is 4.79 Å². The van der Waals surface area contributed by atoms with Crippen molar-refractivity contribution >= 4 is 17.2 Å². The summed E-state index contributed by atoms with van der Waals surface area (Å²) >= 11 is 1.53. The fourth-order valence-corrected chi connectivity index (χ4v) is 3.36. The highest BCUT2D eigenvalue weighted by Crippen LogP contribution is 2.39. The lowest BCUT2D eigenvalue weighted by Gasteiger charge is -2.09. The van der Waals surface area contributed by atoms with Gasteiger partial charge in [0.25, 0.3) is 5.91 Å². The van der Waals surface area contributed by atoms with Gasteiger partial charge in [0.2, 0.25) is 0 Å². The minimum absolute atomic E-state index is 0.172. The van der Waals surface area contributed by atoms with E-state index in [0.717, 1.165) is 22.0 Å². The monoisotopic (exact) mass is 339 g/mol. The first kappa shape index (κ1) is 15.0. The summed E-state index contributed by atoms with van der Waals surface area (Å²) in [5, 5.41) is 12.9. The van der Waals surface area contributed by atoms with Gasteiger partial charge in [-0.15, -0.1) is 11.3 Å². The zero-order chi connectivity index (χ0) is 16.5. The maximum atomic E-state index is 12.3. The lowest BCUT2D eigenvalue weighted by molar-refractivity contribution is 0.0934. The van der Waals surface area contributed by atoms with Crippen molar-refractivity contribution in [2.75, 3.05) is 0 Å².